The maximum Gasteiger partial charge on any atom is 0.323 e. The van der Waals surface area contributed by atoms with Crippen molar-refractivity contribution in [2.24, 2.45) is 0 Å². The number of halogens is 4. The van der Waals surface area contributed by atoms with Gasteiger partial charge in [-0.25, -0.2) is 8.78 Å². The zero-order chi connectivity index (χ0) is 15.4. The van der Waals surface area contributed by atoms with E-state index in [0.29, 0.717) is 4.90 Å². The van der Waals surface area contributed by atoms with Gasteiger partial charge in [0.25, 0.3) is 5.91 Å². The number of benzene rings is 1. The van der Waals surface area contributed by atoms with Crippen LogP contribution in [-0.2, 0) is 9.59 Å². The standard InChI is InChI=1S/C11H9F4NO4/c1-16(3-8(18)19)7(17)4-20-11-9(14)5(12)2-6(13)10(11)15/h2H,3-4H2,1H3,(H,18,19). The van der Waals surface area contributed by atoms with Gasteiger partial charge in [-0.15, -0.1) is 0 Å². The molecule has 0 atom stereocenters. The Morgan fingerprint density at radius 2 is 1.70 bits per heavy atom. The molecule has 0 aromatic heterocycles. The van der Waals surface area contributed by atoms with Crippen molar-refractivity contribution in [3.8, 4) is 5.75 Å². The number of ether oxygens (including phenoxy) is 1. The summed E-state index contributed by atoms with van der Waals surface area (Å²) < 4.78 is 56.4. The monoisotopic (exact) mass is 295 g/mol. The summed E-state index contributed by atoms with van der Waals surface area (Å²) in [4.78, 5) is 22.4. The van der Waals surface area contributed by atoms with Crippen LogP contribution in [0.1, 0.15) is 0 Å². The molecular weight excluding hydrogens is 286 g/mol. The summed E-state index contributed by atoms with van der Waals surface area (Å²) in [5, 5.41) is 8.43. The number of carboxylic acid groups (broad SMARTS) is 1. The zero-order valence-corrected chi connectivity index (χ0v) is 10.1. The van der Waals surface area contributed by atoms with E-state index in [-0.39, 0.29) is 6.07 Å². The van der Waals surface area contributed by atoms with Crippen molar-refractivity contribution in [1.82, 2.24) is 4.90 Å². The van der Waals surface area contributed by atoms with Gasteiger partial charge in [0.1, 0.15) is 6.54 Å². The maximum atomic E-state index is 13.2. The van der Waals surface area contributed by atoms with Gasteiger partial charge in [-0.05, 0) is 0 Å². The second kappa shape index (κ2) is 6.22. The topological polar surface area (TPSA) is 66.8 Å². The van der Waals surface area contributed by atoms with Crippen LogP contribution in [0.15, 0.2) is 6.07 Å². The Hall–Kier alpha value is -2.32. The number of carbonyl (C=O) groups excluding carboxylic acids is 1. The summed E-state index contributed by atoms with van der Waals surface area (Å²) in [6, 6.07) is -0.00407. The Morgan fingerprint density at radius 1 is 1.20 bits per heavy atom. The smallest absolute Gasteiger partial charge is 0.323 e. The molecule has 0 spiro atoms. The van der Waals surface area contributed by atoms with Crippen molar-refractivity contribution in [3.63, 3.8) is 0 Å². The minimum absolute atomic E-state index is 0.00407. The summed E-state index contributed by atoms with van der Waals surface area (Å²) in [5.41, 5.74) is 0. The predicted octanol–water partition coefficient (Wildman–Crippen LogP) is 1.16. The molecule has 5 nitrogen and oxygen atoms in total. The Kier molecular flexibility index (Phi) is 4.89. The van der Waals surface area contributed by atoms with Crippen molar-refractivity contribution < 1.29 is 37.0 Å². The van der Waals surface area contributed by atoms with Crippen molar-refractivity contribution in [3.05, 3.63) is 29.3 Å². The number of carbonyl (C=O) groups is 2. The lowest BCUT2D eigenvalue weighted by Crippen LogP contribution is -2.35. The number of likely N-dealkylation sites (N-methyl/N-ethyl adjacent to an activating group) is 1. The average Bonchev–Trinajstić information content (AvgIpc) is 2.35. The number of rotatable bonds is 5. The van der Waals surface area contributed by atoms with Gasteiger partial charge in [0.2, 0.25) is 11.6 Å². The van der Waals surface area contributed by atoms with Crippen LogP contribution in [0.25, 0.3) is 0 Å². The first kappa shape index (κ1) is 15.7. The van der Waals surface area contributed by atoms with Crippen LogP contribution < -0.4 is 4.74 Å². The van der Waals surface area contributed by atoms with E-state index in [1.807, 2.05) is 0 Å². The molecule has 1 rings (SSSR count). The maximum absolute atomic E-state index is 13.2. The largest absolute Gasteiger partial charge is 0.480 e. The van der Waals surface area contributed by atoms with Crippen LogP contribution in [-0.4, -0.2) is 42.1 Å². The Balaban J connectivity index is 2.80. The fourth-order valence-corrected chi connectivity index (χ4v) is 1.21. The van der Waals surface area contributed by atoms with E-state index < -0.39 is 54.0 Å². The average molecular weight is 295 g/mol. The number of hydrogen-bond donors (Lipinski definition) is 1. The molecule has 20 heavy (non-hydrogen) atoms. The van der Waals surface area contributed by atoms with E-state index in [0.717, 1.165) is 7.05 Å². The van der Waals surface area contributed by atoms with E-state index in [4.69, 9.17) is 5.11 Å². The molecule has 0 heterocycles. The molecule has 0 fully saturated rings. The third-order valence-corrected chi connectivity index (χ3v) is 2.21. The fourth-order valence-electron chi connectivity index (χ4n) is 1.21. The molecule has 9 heteroatoms. The molecule has 0 aliphatic heterocycles. The summed E-state index contributed by atoms with van der Waals surface area (Å²) >= 11 is 0. The highest BCUT2D eigenvalue weighted by Gasteiger charge is 2.22. The molecule has 0 unspecified atom stereocenters. The minimum atomic E-state index is -1.78. The highest BCUT2D eigenvalue weighted by Crippen LogP contribution is 2.26. The van der Waals surface area contributed by atoms with E-state index >= 15 is 0 Å². The zero-order valence-electron chi connectivity index (χ0n) is 10.1. The van der Waals surface area contributed by atoms with Gasteiger partial charge >= 0.3 is 5.97 Å². The van der Waals surface area contributed by atoms with Gasteiger partial charge in [-0.3, -0.25) is 9.59 Å². The van der Waals surface area contributed by atoms with E-state index in [9.17, 15) is 27.2 Å². The number of nitrogens with zero attached hydrogens (tertiary/aromatic N) is 1. The molecule has 1 aromatic rings. The first-order chi connectivity index (χ1) is 9.23. The van der Waals surface area contributed by atoms with Crippen molar-refractivity contribution in [1.29, 1.82) is 0 Å². The lowest BCUT2D eigenvalue weighted by atomic mass is 10.3. The molecule has 1 amide bonds. The van der Waals surface area contributed by atoms with Gasteiger partial charge in [0.05, 0.1) is 0 Å². The number of amides is 1. The molecule has 0 radical (unpaired) electrons. The highest BCUT2D eigenvalue weighted by molar-refractivity contribution is 5.82. The summed E-state index contributed by atoms with van der Waals surface area (Å²) in [6.07, 6.45) is 0. The summed E-state index contributed by atoms with van der Waals surface area (Å²) in [5.74, 6) is -10.5. The van der Waals surface area contributed by atoms with Crippen LogP contribution in [0.2, 0.25) is 0 Å². The molecule has 1 aromatic carbocycles. The van der Waals surface area contributed by atoms with Crippen LogP contribution >= 0.6 is 0 Å². The number of hydrogen-bond acceptors (Lipinski definition) is 3. The Labute approximate surface area is 110 Å². The summed E-state index contributed by atoms with van der Waals surface area (Å²) in [7, 11) is 1.11. The van der Waals surface area contributed by atoms with E-state index in [1.165, 1.54) is 0 Å². The summed E-state index contributed by atoms with van der Waals surface area (Å²) in [6.45, 7) is -1.63. The van der Waals surface area contributed by atoms with E-state index in [2.05, 4.69) is 4.74 Å². The normalized spacial score (nSPS) is 10.2. The number of carboxylic acids is 1. The quantitative estimate of drug-likeness (QED) is 0.654. The molecule has 0 aliphatic rings. The molecule has 110 valence electrons. The molecule has 0 saturated carbocycles. The van der Waals surface area contributed by atoms with Gasteiger partial charge in [-0.1, -0.05) is 0 Å². The predicted molar refractivity (Wildman–Crippen MR) is 57.0 cm³/mol. The lowest BCUT2D eigenvalue weighted by Gasteiger charge is -2.15. The molecule has 0 saturated heterocycles. The van der Waals surface area contributed by atoms with Gasteiger partial charge in [-0.2, -0.15) is 8.78 Å². The van der Waals surface area contributed by atoms with Crippen molar-refractivity contribution in [2.75, 3.05) is 20.2 Å². The van der Waals surface area contributed by atoms with Gasteiger partial charge in [0, 0.05) is 13.1 Å². The van der Waals surface area contributed by atoms with Gasteiger partial charge < -0.3 is 14.7 Å². The minimum Gasteiger partial charge on any atom is -0.480 e. The molecule has 0 aliphatic carbocycles. The fraction of sp³-hybridized carbons (Fsp3) is 0.273. The second-order valence-electron chi connectivity index (χ2n) is 3.73. The third-order valence-electron chi connectivity index (χ3n) is 2.21. The first-order valence-electron chi connectivity index (χ1n) is 5.15. The first-order valence-corrected chi connectivity index (χ1v) is 5.15. The van der Waals surface area contributed by atoms with Crippen molar-refractivity contribution in [2.45, 2.75) is 0 Å². The van der Waals surface area contributed by atoms with Crippen LogP contribution in [0.5, 0.6) is 5.75 Å². The number of aliphatic carboxylic acids is 1. The SMILES string of the molecule is CN(CC(=O)O)C(=O)COc1c(F)c(F)cc(F)c1F. The third kappa shape index (κ3) is 3.59. The lowest BCUT2D eigenvalue weighted by molar-refractivity contribution is -0.144. The molecular formula is C11H9F4NO4. The Morgan fingerprint density at radius 3 is 2.15 bits per heavy atom. The van der Waals surface area contributed by atoms with Crippen LogP contribution in [0, 0.1) is 23.3 Å². The Bertz CT molecular complexity index is 523. The highest BCUT2D eigenvalue weighted by atomic mass is 19.2. The van der Waals surface area contributed by atoms with Gasteiger partial charge in [0.15, 0.2) is 24.0 Å². The van der Waals surface area contributed by atoms with Crippen LogP contribution in [0.4, 0.5) is 17.6 Å². The van der Waals surface area contributed by atoms with Crippen LogP contribution in [0.3, 0.4) is 0 Å². The molecule has 1 N–H and O–H groups in total. The van der Waals surface area contributed by atoms with Crippen molar-refractivity contribution >= 4 is 11.9 Å². The second-order valence-corrected chi connectivity index (χ2v) is 3.73. The van der Waals surface area contributed by atoms with E-state index in [1.54, 1.807) is 0 Å². The molecule has 0 bridgehead atoms.